The van der Waals surface area contributed by atoms with Gasteiger partial charge in [0, 0.05) is 24.6 Å². The van der Waals surface area contributed by atoms with E-state index in [1.165, 1.54) is 19.2 Å². The minimum Gasteiger partial charge on any atom is -0.497 e. The Hall–Kier alpha value is -2.38. The normalized spacial score (nSPS) is 17.0. The lowest BCUT2D eigenvalue weighted by molar-refractivity contribution is 0.0940. The van der Waals surface area contributed by atoms with Gasteiger partial charge in [-0.1, -0.05) is 18.2 Å². The number of hydrogen-bond acceptors (Lipinski definition) is 4. The largest absolute Gasteiger partial charge is 0.497 e. The van der Waals surface area contributed by atoms with Crippen LogP contribution in [0.2, 0.25) is 0 Å². The molecule has 7 heteroatoms. The average molecular weight is 346 g/mol. The van der Waals surface area contributed by atoms with Gasteiger partial charge in [-0.25, -0.2) is 13.1 Å². The van der Waals surface area contributed by atoms with E-state index in [0.29, 0.717) is 17.9 Å². The second-order valence-corrected chi connectivity index (χ2v) is 7.29. The van der Waals surface area contributed by atoms with Crippen LogP contribution in [-0.4, -0.2) is 34.5 Å². The van der Waals surface area contributed by atoms with E-state index in [9.17, 15) is 13.2 Å². The molecule has 1 aliphatic heterocycles. The molecule has 1 heterocycles. The van der Waals surface area contributed by atoms with Gasteiger partial charge < -0.3 is 10.1 Å². The Kier molecular flexibility index (Phi) is 4.55. The molecule has 1 unspecified atom stereocenters. The van der Waals surface area contributed by atoms with Crippen LogP contribution in [0.3, 0.4) is 0 Å². The second-order valence-electron chi connectivity index (χ2n) is 5.52. The van der Waals surface area contributed by atoms with E-state index >= 15 is 0 Å². The first-order valence-corrected chi connectivity index (χ1v) is 9.00. The number of carbonyl (C=O) groups is 1. The lowest BCUT2D eigenvalue weighted by Gasteiger charge is -2.25. The van der Waals surface area contributed by atoms with Crippen LogP contribution < -0.4 is 14.8 Å². The summed E-state index contributed by atoms with van der Waals surface area (Å²) >= 11 is 0. The molecule has 0 bridgehead atoms. The van der Waals surface area contributed by atoms with E-state index in [4.69, 9.17) is 4.74 Å². The summed E-state index contributed by atoms with van der Waals surface area (Å²) in [5, 5.41) is 2.79. The van der Waals surface area contributed by atoms with Gasteiger partial charge in [-0.3, -0.25) is 4.79 Å². The highest BCUT2D eigenvalue weighted by Crippen LogP contribution is 2.24. The molecule has 126 valence electrons. The Balaban J connectivity index is 1.75. The fraction of sp³-hybridized carbons (Fsp3) is 0.235. The lowest BCUT2D eigenvalue weighted by Crippen LogP contribution is -2.40. The highest BCUT2D eigenvalue weighted by atomic mass is 32.2. The van der Waals surface area contributed by atoms with Gasteiger partial charge in [0.05, 0.1) is 12.0 Å². The highest BCUT2D eigenvalue weighted by Gasteiger charge is 2.26. The van der Waals surface area contributed by atoms with Crippen molar-refractivity contribution in [1.29, 1.82) is 0 Å². The van der Waals surface area contributed by atoms with Crippen LogP contribution in [0.25, 0.3) is 0 Å². The van der Waals surface area contributed by atoms with Crippen molar-refractivity contribution in [1.82, 2.24) is 10.0 Å². The number of amides is 1. The number of nitrogens with one attached hydrogen (secondary N) is 2. The topological polar surface area (TPSA) is 84.5 Å². The van der Waals surface area contributed by atoms with Crippen LogP contribution >= 0.6 is 0 Å². The Bertz CT molecular complexity index is 847. The van der Waals surface area contributed by atoms with Crippen molar-refractivity contribution in [3.8, 4) is 5.75 Å². The number of hydrogen-bond donors (Lipinski definition) is 2. The molecule has 0 saturated heterocycles. The first kappa shape index (κ1) is 16.5. The highest BCUT2D eigenvalue weighted by molar-refractivity contribution is 7.89. The fourth-order valence-electron chi connectivity index (χ4n) is 2.71. The van der Waals surface area contributed by atoms with Gasteiger partial charge in [-0.2, -0.15) is 0 Å². The minimum absolute atomic E-state index is 0.105. The maximum Gasteiger partial charge on any atom is 0.251 e. The van der Waals surface area contributed by atoms with E-state index in [1.807, 2.05) is 12.1 Å². The molecule has 0 saturated carbocycles. The van der Waals surface area contributed by atoms with Gasteiger partial charge in [0.2, 0.25) is 10.0 Å². The molecule has 0 spiro atoms. The monoisotopic (exact) mass is 346 g/mol. The molecule has 0 aliphatic carbocycles. The van der Waals surface area contributed by atoms with Crippen LogP contribution in [0, 0.1) is 0 Å². The summed E-state index contributed by atoms with van der Waals surface area (Å²) in [6.45, 7) is 0.618. The van der Waals surface area contributed by atoms with Gasteiger partial charge in [-0.05, 0) is 35.9 Å². The molecule has 3 rings (SSSR count). The van der Waals surface area contributed by atoms with Crippen LogP contribution in [0.15, 0.2) is 53.4 Å². The number of ether oxygens (including phenoxy) is 1. The average Bonchev–Trinajstić information content (AvgIpc) is 2.61. The van der Waals surface area contributed by atoms with Crippen LogP contribution in [-0.2, 0) is 10.0 Å². The smallest absolute Gasteiger partial charge is 0.251 e. The van der Waals surface area contributed by atoms with Crippen molar-refractivity contribution < 1.29 is 17.9 Å². The molecular formula is C17H18N2O4S. The van der Waals surface area contributed by atoms with E-state index in [2.05, 4.69) is 10.0 Å². The molecule has 0 aromatic heterocycles. The first-order chi connectivity index (χ1) is 11.5. The first-order valence-electron chi connectivity index (χ1n) is 7.52. The standard InChI is InChI=1S/C17H18N2O4S/c1-23-13-6-8-14(9-7-13)24(21,22)19-11-12-10-18-17(20)16-5-3-2-4-15(12)16/h2-9,12,19H,10-11H2,1H3,(H,18,20). The van der Waals surface area contributed by atoms with Crippen molar-refractivity contribution in [2.75, 3.05) is 20.2 Å². The van der Waals surface area contributed by atoms with Crippen molar-refractivity contribution in [3.63, 3.8) is 0 Å². The van der Waals surface area contributed by atoms with E-state index in [1.54, 1.807) is 24.3 Å². The Morgan fingerprint density at radius 1 is 1.17 bits per heavy atom. The fourth-order valence-corrected chi connectivity index (χ4v) is 3.79. The Morgan fingerprint density at radius 2 is 1.88 bits per heavy atom. The summed E-state index contributed by atoms with van der Waals surface area (Å²) in [4.78, 5) is 12.0. The van der Waals surface area contributed by atoms with Gasteiger partial charge in [0.15, 0.2) is 0 Å². The van der Waals surface area contributed by atoms with E-state index in [-0.39, 0.29) is 23.3 Å². The lowest BCUT2D eigenvalue weighted by atomic mass is 9.91. The summed E-state index contributed by atoms with van der Waals surface area (Å²) < 4.78 is 32.5. The number of carbonyl (C=O) groups excluding carboxylic acids is 1. The Morgan fingerprint density at radius 3 is 2.58 bits per heavy atom. The minimum atomic E-state index is -3.62. The van der Waals surface area contributed by atoms with E-state index < -0.39 is 10.0 Å². The predicted octanol–water partition coefficient (Wildman–Crippen LogP) is 1.50. The third-order valence-corrected chi connectivity index (χ3v) is 5.48. The summed E-state index contributed by atoms with van der Waals surface area (Å²) in [6, 6.07) is 13.4. The summed E-state index contributed by atoms with van der Waals surface area (Å²) in [6.07, 6.45) is 0. The molecule has 2 N–H and O–H groups in total. The Labute approximate surface area is 140 Å². The zero-order chi connectivity index (χ0) is 17.2. The molecule has 1 amide bonds. The molecular weight excluding hydrogens is 328 g/mol. The summed E-state index contributed by atoms with van der Waals surface area (Å²) in [5.41, 5.74) is 1.45. The molecule has 0 fully saturated rings. The van der Waals surface area contributed by atoms with Crippen LogP contribution in [0.4, 0.5) is 0 Å². The second kappa shape index (κ2) is 6.62. The van der Waals surface area contributed by atoms with Crippen LogP contribution in [0.1, 0.15) is 21.8 Å². The van der Waals surface area contributed by atoms with Gasteiger partial charge in [0.25, 0.3) is 5.91 Å². The van der Waals surface area contributed by atoms with Crippen molar-refractivity contribution in [2.24, 2.45) is 0 Å². The molecule has 24 heavy (non-hydrogen) atoms. The molecule has 6 nitrogen and oxygen atoms in total. The number of rotatable bonds is 5. The molecule has 2 aromatic rings. The summed E-state index contributed by atoms with van der Waals surface area (Å²) in [7, 11) is -2.09. The third kappa shape index (κ3) is 3.27. The van der Waals surface area contributed by atoms with Crippen LogP contribution in [0.5, 0.6) is 5.75 Å². The van der Waals surface area contributed by atoms with Gasteiger partial charge >= 0.3 is 0 Å². The molecule has 1 aliphatic rings. The van der Waals surface area contributed by atoms with Crippen molar-refractivity contribution in [2.45, 2.75) is 10.8 Å². The van der Waals surface area contributed by atoms with E-state index in [0.717, 1.165) is 5.56 Å². The maximum absolute atomic E-state index is 12.4. The quantitative estimate of drug-likeness (QED) is 0.859. The van der Waals surface area contributed by atoms with Gasteiger partial charge in [-0.15, -0.1) is 0 Å². The maximum atomic E-state index is 12.4. The molecule has 0 radical (unpaired) electrons. The molecule has 2 aromatic carbocycles. The predicted molar refractivity (Wildman–Crippen MR) is 89.7 cm³/mol. The third-order valence-electron chi connectivity index (χ3n) is 4.04. The zero-order valence-corrected chi connectivity index (χ0v) is 14.0. The number of benzene rings is 2. The number of fused-ring (bicyclic) bond motifs is 1. The number of sulfonamides is 1. The summed E-state index contributed by atoms with van der Waals surface area (Å²) in [5.74, 6) is 0.365. The zero-order valence-electron chi connectivity index (χ0n) is 13.2. The molecule has 1 atom stereocenters. The SMILES string of the molecule is COc1ccc(S(=O)(=O)NCC2CNC(=O)c3ccccc32)cc1. The van der Waals surface area contributed by atoms with Crippen molar-refractivity contribution in [3.05, 3.63) is 59.7 Å². The van der Waals surface area contributed by atoms with Crippen molar-refractivity contribution >= 4 is 15.9 Å². The number of methoxy groups -OCH3 is 1. The van der Waals surface area contributed by atoms with Gasteiger partial charge in [0.1, 0.15) is 5.75 Å².